The molecule has 0 aliphatic carbocycles. The fourth-order valence-corrected chi connectivity index (χ4v) is 4.58. The number of hydrogen-bond donors (Lipinski definition) is 6. The lowest BCUT2D eigenvalue weighted by Gasteiger charge is -1.95. The third-order valence-electron chi connectivity index (χ3n) is 7.15. The van der Waals surface area contributed by atoms with Crippen molar-refractivity contribution < 1.29 is 10.2 Å². The van der Waals surface area contributed by atoms with Gasteiger partial charge < -0.3 is 30.8 Å². The summed E-state index contributed by atoms with van der Waals surface area (Å²) in [6.07, 6.45) is 14.4. The number of aliphatic hydroxyl groups is 1. The minimum absolute atomic E-state index is 0. The summed E-state index contributed by atoms with van der Waals surface area (Å²) in [6, 6.07) is 16.7. The number of β-amino-alcohol motifs (C(OH)–C–C–N with tert-alkyl or cyclic N) is 1. The van der Waals surface area contributed by atoms with Gasteiger partial charge in [-0.15, -0.1) is 0 Å². The van der Waals surface area contributed by atoms with Crippen molar-refractivity contribution in [1.82, 2.24) is 25.6 Å². The predicted molar refractivity (Wildman–Crippen MR) is 214 cm³/mol. The molecule has 3 unspecified atom stereocenters. The first kappa shape index (κ1) is 47.0. The maximum atomic E-state index is 8.94. The number of aromatic nitrogens is 3. The van der Waals surface area contributed by atoms with E-state index in [0.29, 0.717) is 24.9 Å². The number of phenols is 1. The van der Waals surface area contributed by atoms with Gasteiger partial charge in [0.2, 0.25) is 0 Å². The molecule has 0 amide bonds. The largest absolute Gasteiger partial charge is 0.508 e. The summed E-state index contributed by atoms with van der Waals surface area (Å²) in [4.78, 5) is 22.3. The van der Waals surface area contributed by atoms with Crippen molar-refractivity contribution in [1.29, 1.82) is 0 Å². The first-order valence-electron chi connectivity index (χ1n) is 16.1. The van der Waals surface area contributed by atoms with Gasteiger partial charge in [0, 0.05) is 41.9 Å². The van der Waals surface area contributed by atoms with E-state index >= 15 is 0 Å². The molecule has 2 aliphatic heterocycles. The van der Waals surface area contributed by atoms with Crippen molar-refractivity contribution >= 4 is 29.5 Å². The van der Waals surface area contributed by atoms with Gasteiger partial charge in [-0.05, 0) is 108 Å². The first-order valence-corrected chi connectivity index (χ1v) is 16.1. The molecule has 274 valence electrons. The summed E-state index contributed by atoms with van der Waals surface area (Å²) in [7, 11) is 0. The van der Waals surface area contributed by atoms with E-state index in [1.807, 2.05) is 51.4 Å². The highest BCUT2D eigenvalue weighted by Crippen LogP contribution is 2.18. The molecule has 0 bridgehead atoms. The van der Waals surface area contributed by atoms with Crippen molar-refractivity contribution in [2.75, 3.05) is 13.1 Å². The van der Waals surface area contributed by atoms with E-state index in [0.717, 1.165) is 36.8 Å². The summed E-state index contributed by atoms with van der Waals surface area (Å²) in [5.41, 5.74) is 4.60. The maximum absolute atomic E-state index is 8.94. The van der Waals surface area contributed by atoms with Crippen LogP contribution in [0.2, 0.25) is 0 Å². The third-order valence-corrected chi connectivity index (χ3v) is 7.15. The Kier molecular flexibility index (Phi) is 27.7. The average Bonchev–Trinajstić information content (AvgIpc) is 3.90. The summed E-state index contributed by atoms with van der Waals surface area (Å²) < 4.78 is 0. The van der Waals surface area contributed by atoms with E-state index in [1.54, 1.807) is 37.1 Å². The predicted octanol–water partition coefficient (Wildman–Crippen LogP) is 8.14. The molecule has 2 fully saturated rings. The number of H-pyrrole nitrogens is 2. The highest BCUT2D eigenvalue weighted by molar-refractivity contribution is 5.83. The first-order chi connectivity index (χ1) is 22.4. The summed E-state index contributed by atoms with van der Waals surface area (Å²) in [6.45, 7) is 14.2. The highest BCUT2D eigenvalue weighted by atomic mass is 16.3. The van der Waals surface area contributed by atoms with Crippen molar-refractivity contribution in [3.05, 3.63) is 84.1 Å². The van der Waals surface area contributed by atoms with Gasteiger partial charge in [-0.25, -0.2) is 4.98 Å². The van der Waals surface area contributed by atoms with Crippen LogP contribution in [0, 0.1) is 0 Å². The van der Waals surface area contributed by atoms with Crippen LogP contribution >= 0.6 is 0 Å². The van der Waals surface area contributed by atoms with Gasteiger partial charge in [0.15, 0.2) is 0 Å². The van der Waals surface area contributed by atoms with Crippen LogP contribution in [0.4, 0.5) is 0 Å². The van der Waals surface area contributed by atoms with Gasteiger partial charge in [0.1, 0.15) is 5.75 Å². The second-order valence-electron chi connectivity index (χ2n) is 11.1. The van der Waals surface area contributed by atoms with Gasteiger partial charge in [0.05, 0.1) is 37.8 Å². The van der Waals surface area contributed by atoms with Crippen molar-refractivity contribution in [2.24, 2.45) is 15.0 Å². The Labute approximate surface area is 296 Å². The Morgan fingerprint density at radius 3 is 1.96 bits per heavy atom. The second kappa shape index (κ2) is 28.9. The molecular formula is C39H66N8O2. The number of phenolic OH excluding ortho intramolecular Hbond substituents is 1. The molecule has 0 spiro atoms. The molecule has 2 saturated heterocycles. The third kappa shape index (κ3) is 20.8. The number of nitrogens with one attached hydrogen (secondary N) is 4. The molecule has 0 saturated carbocycles. The van der Waals surface area contributed by atoms with Crippen LogP contribution in [-0.4, -0.2) is 75.1 Å². The van der Waals surface area contributed by atoms with Crippen molar-refractivity contribution in [3.63, 3.8) is 0 Å². The number of para-hydroxylation sites is 1. The normalized spacial score (nSPS) is 17.6. The molecule has 2 aromatic carbocycles. The fraction of sp³-hybridized carbons (Fsp3) is 0.487. The molecule has 2 aliphatic rings. The van der Waals surface area contributed by atoms with Gasteiger partial charge in [-0.1, -0.05) is 52.6 Å². The molecule has 3 atom stereocenters. The highest BCUT2D eigenvalue weighted by Gasteiger charge is 2.16. The number of nitrogens with zero attached hydrogens (tertiary/aromatic N) is 4. The summed E-state index contributed by atoms with van der Waals surface area (Å²) in [5.74, 6) is 0.300. The molecular weight excluding hydrogens is 612 g/mol. The number of aliphatic hydroxyl groups excluding tert-OH is 1. The van der Waals surface area contributed by atoms with Gasteiger partial charge in [-0.3, -0.25) is 15.0 Å². The topological polar surface area (TPSA) is 146 Å². The number of imidazole rings is 1. The quantitative estimate of drug-likeness (QED) is 0.114. The smallest absolute Gasteiger partial charge is 0.115 e. The zero-order valence-electron chi connectivity index (χ0n) is 28.2. The molecule has 0 radical (unpaired) electrons. The Morgan fingerprint density at radius 2 is 1.47 bits per heavy atom. The molecule has 4 heterocycles. The van der Waals surface area contributed by atoms with Gasteiger partial charge in [0.25, 0.3) is 0 Å². The molecule has 49 heavy (non-hydrogen) atoms. The van der Waals surface area contributed by atoms with Crippen LogP contribution in [-0.2, 0) is 19.6 Å². The monoisotopic (exact) mass is 679 g/mol. The lowest BCUT2D eigenvalue weighted by Crippen LogP contribution is -2.17. The van der Waals surface area contributed by atoms with Crippen LogP contribution in [0.5, 0.6) is 5.75 Å². The van der Waals surface area contributed by atoms with Crippen LogP contribution in [0.15, 0.2) is 82.2 Å². The number of benzene rings is 2. The lowest BCUT2D eigenvalue weighted by molar-refractivity contribution is 0.194. The van der Waals surface area contributed by atoms with Crippen molar-refractivity contribution in [2.45, 2.75) is 114 Å². The van der Waals surface area contributed by atoms with E-state index < -0.39 is 0 Å². The fourth-order valence-electron chi connectivity index (χ4n) is 4.58. The number of rotatable bonds is 6. The van der Waals surface area contributed by atoms with Gasteiger partial charge >= 0.3 is 0 Å². The Bertz CT molecular complexity index is 1380. The molecule has 10 nitrogen and oxygen atoms in total. The standard InChI is InChI=1S/C11H12N2.C9H11NO.C6H9N3.C5H11NO.C5H11N.3CH4/c1-2-12-7-9-8-13-11-6-4-3-5-10(9)11;1-2-10-7-8-3-5-9(11)6-4-8;1-2-7-3-6-4-8-5-9-6;1-4-2-5(7)3-6-4;1-5-3-2-4-6-5;;;/h2-6,8,13H,7H2,1H3;2-6,11H,7H2,1H3;2,4-5H,3H2,1H3,(H,8,9);4-7H,2-3H2,1H3;5-6H,2-4H2,1H3;3*1H4. The van der Waals surface area contributed by atoms with E-state index in [9.17, 15) is 0 Å². The van der Waals surface area contributed by atoms with E-state index in [-0.39, 0.29) is 28.4 Å². The SMILES string of the molecule is C.C.C.CC1CC(O)CN1.CC1CCCN1.CC=NCc1c[nH]c2ccccc12.CC=NCc1ccc(O)cc1.CC=NCc1cnc[nH]1. The Morgan fingerprint density at radius 1 is 0.816 bits per heavy atom. The second-order valence-corrected chi connectivity index (χ2v) is 11.1. The van der Waals surface area contributed by atoms with Crippen molar-refractivity contribution in [3.8, 4) is 5.75 Å². The Balaban J connectivity index is 0. The number of aromatic hydroxyl groups is 1. The molecule has 6 rings (SSSR count). The number of fused-ring (bicyclic) bond motifs is 1. The van der Waals surface area contributed by atoms with Crippen LogP contribution < -0.4 is 10.6 Å². The van der Waals surface area contributed by atoms with Crippen LogP contribution in [0.25, 0.3) is 10.9 Å². The minimum atomic E-state index is -0.0880. The molecule has 10 heteroatoms. The maximum Gasteiger partial charge on any atom is 0.115 e. The lowest BCUT2D eigenvalue weighted by atomic mass is 10.2. The van der Waals surface area contributed by atoms with Crippen LogP contribution in [0.3, 0.4) is 0 Å². The van der Waals surface area contributed by atoms with E-state index in [4.69, 9.17) is 10.2 Å². The van der Waals surface area contributed by atoms with Crippen LogP contribution in [0.1, 0.15) is 93.0 Å². The molecule has 4 aromatic rings. The zero-order chi connectivity index (χ0) is 33.4. The number of aromatic amines is 2. The van der Waals surface area contributed by atoms with E-state index in [1.165, 1.54) is 35.9 Å². The number of aliphatic imine (C=N–C) groups is 3. The zero-order valence-corrected chi connectivity index (χ0v) is 28.2. The summed E-state index contributed by atoms with van der Waals surface area (Å²) in [5, 5.41) is 25.5. The summed E-state index contributed by atoms with van der Waals surface area (Å²) >= 11 is 0. The van der Waals surface area contributed by atoms with Gasteiger partial charge in [-0.2, -0.15) is 0 Å². The Hall–Kier alpha value is -4.12. The minimum Gasteiger partial charge on any atom is -0.508 e. The molecule has 6 N–H and O–H groups in total. The average molecular weight is 679 g/mol. The number of hydrogen-bond acceptors (Lipinski definition) is 8. The molecule has 2 aromatic heterocycles. The van der Waals surface area contributed by atoms with E-state index in [2.05, 4.69) is 72.6 Å².